The fourth-order valence-corrected chi connectivity index (χ4v) is 8.08. The quantitative estimate of drug-likeness (QED) is 0.643. The van der Waals surface area contributed by atoms with Crippen LogP contribution in [-0.2, 0) is 28.6 Å². The van der Waals surface area contributed by atoms with E-state index in [1.807, 2.05) is 13.8 Å². The molecule has 1 heterocycles. The summed E-state index contributed by atoms with van der Waals surface area (Å²) >= 11 is 0. The van der Waals surface area contributed by atoms with Crippen LogP contribution < -0.4 is 0 Å². The topological polar surface area (TPSA) is 99.1 Å². The molecule has 180 valence electrons. The van der Waals surface area contributed by atoms with Crippen LogP contribution in [0.5, 0.6) is 0 Å². The van der Waals surface area contributed by atoms with Gasteiger partial charge in [-0.3, -0.25) is 14.4 Å². The maximum absolute atomic E-state index is 17.3. The molecule has 0 aromatic rings. The van der Waals surface area contributed by atoms with Crippen molar-refractivity contribution in [2.24, 2.45) is 28.6 Å². The summed E-state index contributed by atoms with van der Waals surface area (Å²) in [6.45, 7) is 6.32. The largest absolute Gasteiger partial charge is 0.458 e. The summed E-state index contributed by atoms with van der Waals surface area (Å²) in [7, 11) is 0. The van der Waals surface area contributed by atoms with E-state index in [4.69, 9.17) is 14.2 Å². The Kier molecular flexibility index (Phi) is 4.89. The highest BCUT2D eigenvalue weighted by atomic mass is 19.1. The highest BCUT2D eigenvalue weighted by molar-refractivity contribution is 6.01. The van der Waals surface area contributed by atoms with Crippen LogP contribution in [0.3, 0.4) is 0 Å². The molecule has 4 fully saturated rings. The van der Waals surface area contributed by atoms with E-state index in [1.165, 1.54) is 19.1 Å². The Morgan fingerprint density at radius 3 is 2.70 bits per heavy atom. The number of alkyl halides is 1. The molecular weight excluding hydrogens is 431 g/mol. The number of hydrogen-bond acceptors (Lipinski definition) is 7. The molecule has 0 aromatic heterocycles. The SMILES string of the molecule is CC(=O)OCC(=O)[C@@]12OCO[C@@H]1C[C@H]1[C@@H]3C[C@H](C)C4=CC(=O)C=C[C@]4(C)[C@@]3(F)[C@@H](O)C[C@@]12C. The zero-order valence-corrected chi connectivity index (χ0v) is 19.4. The Bertz CT molecular complexity index is 989. The lowest BCUT2D eigenvalue weighted by atomic mass is 9.43. The molecule has 0 radical (unpaired) electrons. The Morgan fingerprint density at radius 1 is 1.27 bits per heavy atom. The molecule has 0 spiro atoms. The van der Waals surface area contributed by atoms with Gasteiger partial charge in [-0.2, -0.15) is 0 Å². The number of carbonyl (C=O) groups is 3. The van der Waals surface area contributed by atoms with E-state index in [-0.39, 0.29) is 30.8 Å². The lowest BCUT2D eigenvalue weighted by molar-refractivity contribution is -0.225. The van der Waals surface area contributed by atoms with E-state index < -0.39 is 58.6 Å². The molecule has 1 saturated heterocycles. The van der Waals surface area contributed by atoms with Crippen molar-refractivity contribution >= 4 is 17.5 Å². The van der Waals surface area contributed by atoms with Crippen LogP contribution in [0.25, 0.3) is 0 Å². The Hall–Kier alpha value is -1.90. The monoisotopic (exact) mass is 462 g/mol. The molecule has 1 N–H and O–H groups in total. The van der Waals surface area contributed by atoms with E-state index in [0.29, 0.717) is 18.4 Å². The summed E-state index contributed by atoms with van der Waals surface area (Å²) in [5.74, 6) is -2.10. The van der Waals surface area contributed by atoms with Gasteiger partial charge in [0.1, 0.15) is 6.79 Å². The fourth-order valence-electron chi connectivity index (χ4n) is 8.08. The van der Waals surface area contributed by atoms with E-state index >= 15 is 4.39 Å². The molecule has 33 heavy (non-hydrogen) atoms. The first-order valence-corrected chi connectivity index (χ1v) is 11.7. The van der Waals surface area contributed by atoms with Gasteiger partial charge in [-0.15, -0.1) is 0 Å². The molecule has 3 saturated carbocycles. The first-order chi connectivity index (χ1) is 15.4. The molecular formula is C25H31FO7. The average Bonchev–Trinajstić information content (AvgIpc) is 3.27. The van der Waals surface area contributed by atoms with Crippen LogP contribution in [-0.4, -0.2) is 59.5 Å². The smallest absolute Gasteiger partial charge is 0.303 e. The summed E-state index contributed by atoms with van der Waals surface area (Å²) in [6, 6.07) is 0. The number of aliphatic hydroxyl groups excluding tert-OH is 1. The molecule has 7 nitrogen and oxygen atoms in total. The van der Waals surface area contributed by atoms with Crippen molar-refractivity contribution in [3.63, 3.8) is 0 Å². The molecule has 0 bridgehead atoms. The summed E-state index contributed by atoms with van der Waals surface area (Å²) in [4.78, 5) is 36.9. The number of hydrogen-bond donors (Lipinski definition) is 1. The number of fused-ring (bicyclic) bond motifs is 7. The minimum Gasteiger partial charge on any atom is -0.458 e. The first-order valence-electron chi connectivity index (χ1n) is 11.7. The van der Waals surface area contributed by atoms with Gasteiger partial charge in [0.05, 0.1) is 12.2 Å². The third-order valence-electron chi connectivity index (χ3n) is 9.51. The Balaban J connectivity index is 1.59. The second-order valence-electron chi connectivity index (χ2n) is 10.9. The normalized spacial score (nSPS) is 50.1. The molecule has 9 atom stereocenters. The van der Waals surface area contributed by atoms with Gasteiger partial charge in [-0.25, -0.2) is 4.39 Å². The molecule has 1 aliphatic heterocycles. The maximum atomic E-state index is 17.3. The number of aliphatic hydroxyl groups is 1. The van der Waals surface area contributed by atoms with Gasteiger partial charge in [-0.05, 0) is 50.2 Å². The van der Waals surface area contributed by atoms with Crippen LogP contribution in [0.15, 0.2) is 23.8 Å². The van der Waals surface area contributed by atoms with Crippen molar-refractivity contribution in [2.75, 3.05) is 13.4 Å². The molecule has 0 amide bonds. The van der Waals surface area contributed by atoms with Crippen LogP contribution >= 0.6 is 0 Å². The number of halogens is 1. The highest BCUT2D eigenvalue weighted by Gasteiger charge is 2.79. The van der Waals surface area contributed by atoms with Crippen LogP contribution in [0, 0.1) is 28.6 Å². The second kappa shape index (κ2) is 7.06. The lowest BCUT2D eigenvalue weighted by Gasteiger charge is -2.63. The lowest BCUT2D eigenvalue weighted by Crippen LogP contribution is -2.70. The van der Waals surface area contributed by atoms with E-state index in [9.17, 15) is 19.5 Å². The number of ether oxygens (including phenoxy) is 3. The minimum absolute atomic E-state index is 0.00459. The average molecular weight is 463 g/mol. The third-order valence-corrected chi connectivity index (χ3v) is 9.51. The molecule has 8 heteroatoms. The number of allylic oxidation sites excluding steroid dienone is 4. The standard InChI is InChI=1S/C25H31FO7/c1-13-7-18-17-9-21-25(33-12-32-21,20(30)11-31-14(2)27)23(17,4)10-19(29)24(18,26)22(3)6-5-15(28)8-16(13)22/h5-6,8,13,17-19,21,29H,7,9-12H2,1-4H3/t13-,17-,18-,19-,21+,22-,23-,24-,25+/m0/s1. The zero-order valence-electron chi connectivity index (χ0n) is 19.4. The van der Waals surface area contributed by atoms with Crippen LogP contribution in [0.1, 0.15) is 47.0 Å². The minimum atomic E-state index is -2.01. The maximum Gasteiger partial charge on any atom is 0.303 e. The number of ketones is 2. The van der Waals surface area contributed by atoms with Crippen molar-refractivity contribution < 1.29 is 38.1 Å². The number of esters is 1. The van der Waals surface area contributed by atoms with Gasteiger partial charge in [0, 0.05) is 23.7 Å². The van der Waals surface area contributed by atoms with Gasteiger partial charge in [0.25, 0.3) is 0 Å². The van der Waals surface area contributed by atoms with Crippen LogP contribution in [0.4, 0.5) is 4.39 Å². The van der Waals surface area contributed by atoms with Gasteiger partial charge >= 0.3 is 5.97 Å². The fraction of sp³-hybridized carbons (Fsp3) is 0.720. The van der Waals surface area contributed by atoms with Gasteiger partial charge in [0.2, 0.25) is 5.78 Å². The summed E-state index contributed by atoms with van der Waals surface area (Å²) in [6.07, 6.45) is 3.38. The summed E-state index contributed by atoms with van der Waals surface area (Å²) in [5, 5.41) is 11.5. The van der Waals surface area contributed by atoms with Crippen LogP contribution in [0.2, 0.25) is 0 Å². The predicted molar refractivity (Wildman–Crippen MR) is 113 cm³/mol. The van der Waals surface area contributed by atoms with Crippen molar-refractivity contribution in [1.82, 2.24) is 0 Å². The van der Waals surface area contributed by atoms with Crippen molar-refractivity contribution in [3.05, 3.63) is 23.8 Å². The molecule has 5 rings (SSSR count). The summed E-state index contributed by atoms with van der Waals surface area (Å²) < 4.78 is 34.1. The molecule has 0 aromatic carbocycles. The molecule has 4 aliphatic carbocycles. The van der Waals surface area contributed by atoms with Crippen molar-refractivity contribution in [2.45, 2.75) is 70.4 Å². The zero-order chi connectivity index (χ0) is 24.0. The van der Waals surface area contributed by atoms with E-state index in [2.05, 4.69) is 0 Å². The second-order valence-corrected chi connectivity index (χ2v) is 10.9. The number of Topliss-reactive ketones (excluding diaryl/α,β-unsaturated/α-hetero) is 1. The van der Waals surface area contributed by atoms with Gasteiger partial charge in [0.15, 0.2) is 23.7 Å². The van der Waals surface area contributed by atoms with E-state index in [0.717, 1.165) is 0 Å². The van der Waals surface area contributed by atoms with Crippen molar-refractivity contribution in [3.8, 4) is 0 Å². The predicted octanol–water partition coefficient (Wildman–Crippen LogP) is 2.46. The molecule has 5 aliphatic rings. The molecule has 0 unspecified atom stereocenters. The van der Waals surface area contributed by atoms with Gasteiger partial charge < -0.3 is 19.3 Å². The number of carbonyl (C=O) groups excluding carboxylic acids is 3. The Morgan fingerprint density at radius 2 is 2.00 bits per heavy atom. The third kappa shape index (κ3) is 2.63. The Labute approximate surface area is 192 Å². The summed E-state index contributed by atoms with van der Waals surface area (Å²) in [5.41, 5.74) is -4.74. The first kappa shape index (κ1) is 22.9. The van der Waals surface area contributed by atoms with Crippen molar-refractivity contribution in [1.29, 1.82) is 0 Å². The number of rotatable bonds is 3. The highest BCUT2D eigenvalue weighted by Crippen LogP contribution is 2.72. The van der Waals surface area contributed by atoms with Gasteiger partial charge in [-0.1, -0.05) is 25.5 Å². The van der Waals surface area contributed by atoms with E-state index in [1.54, 1.807) is 13.0 Å².